The summed E-state index contributed by atoms with van der Waals surface area (Å²) in [5, 5.41) is 6.46. The van der Waals surface area contributed by atoms with Gasteiger partial charge in [-0.15, -0.1) is 24.2 Å². The maximum Gasteiger partial charge on any atom is 0.255 e. The van der Waals surface area contributed by atoms with Crippen LogP contribution in [0.1, 0.15) is 23.2 Å². The summed E-state index contributed by atoms with van der Waals surface area (Å²) in [6.45, 7) is 3.12. The summed E-state index contributed by atoms with van der Waals surface area (Å²) in [5.41, 5.74) is 0.609. The minimum Gasteiger partial charge on any atom is -0.384 e. The van der Waals surface area contributed by atoms with Crippen molar-refractivity contribution in [2.45, 2.75) is 18.9 Å². The minimum atomic E-state index is -0.408. The van der Waals surface area contributed by atoms with E-state index in [2.05, 4.69) is 10.6 Å². The van der Waals surface area contributed by atoms with Crippen LogP contribution < -0.4 is 10.6 Å². The molecule has 2 fully saturated rings. The molecule has 27 heavy (non-hydrogen) atoms. The number of carbonyl (C=O) groups excluding carboxylic acids is 2. The van der Waals surface area contributed by atoms with E-state index in [1.165, 1.54) is 0 Å². The van der Waals surface area contributed by atoms with Crippen molar-refractivity contribution in [1.82, 2.24) is 15.5 Å². The van der Waals surface area contributed by atoms with E-state index in [4.69, 9.17) is 4.74 Å². The van der Waals surface area contributed by atoms with Crippen molar-refractivity contribution >= 4 is 36.0 Å². The lowest BCUT2D eigenvalue weighted by molar-refractivity contribution is -0.125. The molecule has 1 unspecified atom stereocenters. The predicted octanol–water partition coefficient (Wildman–Crippen LogP) is 1.76. The molecule has 2 aliphatic heterocycles. The second-order valence-corrected chi connectivity index (χ2v) is 8.06. The van der Waals surface area contributed by atoms with E-state index in [9.17, 15) is 9.59 Å². The Morgan fingerprint density at radius 1 is 1.30 bits per heavy atom. The SMILES string of the molecule is COCC1(CNC(=O)C2CSCN2C(=O)c2ccccc2)CCNCC1.Cl. The molecule has 0 aromatic heterocycles. The molecule has 1 aromatic carbocycles. The van der Waals surface area contributed by atoms with Crippen LogP contribution in [-0.4, -0.2) is 67.7 Å². The lowest BCUT2D eigenvalue weighted by Crippen LogP contribution is -2.52. The Hall–Kier alpha value is -1.28. The fourth-order valence-electron chi connectivity index (χ4n) is 3.63. The van der Waals surface area contributed by atoms with Gasteiger partial charge in [0.15, 0.2) is 0 Å². The smallest absolute Gasteiger partial charge is 0.255 e. The van der Waals surface area contributed by atoms with Gasteiger partial charge in [-0.2, -0.15) is 0 Å². The lowest BCUT2D eigenvalue weighted by atomic mass is 9.79. The maximum absolute atomic E-state index is 12.8. The zero-order valence-corrected chi connectivity index (χ0v) is 17.2. The molecule has 2 amide bonds. The average molecular weight is 414 g/mol. The van der Waals surface area contributed by atoms with Gasteiger partial charge in [0.2, 0.25) is 5.91 Å². The summed E-state index contributed by atoms with van der Waals surface area (Å²) in [5.74, 6) is 1.06. The number of methoxy groups -OCH3 is 1. The highest BCUT2D eigenvalue weighted by molar-refractivity contribution is 7.99. The van der Waals surface area contributed by atoms with E-state index in [1.54, 1.807) is 35.9 Å². The van der Waals surface area contributed by atoms with Gasteiger partial charge in [-0.1, -0.05) is 18.2 Å². The highest BCUT2D eigenvalue weighted by Gasteiger charge is 2.37. The molecular weight excluding hydrogens is 386 g/mol. The maximum atomic E-state index is 12.8. The highest BCUT2D eigenvalue weighted by atomic mass is 35.5. The van der Waals surface area contributed by atoms with Gasteiger partial charge in [-0.25, -0.2) is 0 Å². The molecule has 2 N–H and O–H groups in total. The summed E-state index contributed by atoms with van der Waals surface area (Å²) in [6, 6.07) is 8.75. The van der Waals surface area contributed by atoms with Gasteiger partial charge in [0.25, 0.3) is 5.91 Å². The number of rotatable bonds is 6. The van der Waals surface area contributed by atoms with Crippen molar-refractivity contribution in [3.05, 3.63) is 35.9 Å². The summed E-state index contributed by atoms with van der Waals surface area (Å²) in [4.78, 5) is 27.2. The first-order valence-electron chi connectivity index (χ1n) is 9.06. The Morgan fingerprint density at radius 2 is 2.00 bits per heavy atom. The van der Waals surface area contributed by atoms with Gasteiger partial charge in [0.05, 0.1) is 12.5 Å². The molecule has 3 rings (SSSR count). The van der Waals surface area contributed by atoms with E-state index in [0.717, 1.165) is 25.9 Å². The zero-order chi connectivity index (χ0) is 18.4. The number of nitrogens with zero attached hydrogens (tertiary/aromatic N) is 1. The molecule has 150 valence electrons. The van der Waals surface area contributed by atoms with E-state index in [1.807, 2.05) is 18.2 Å². The van der Waals surface area contributed by atoms with Crippen molar-refractivity contribution < 1.29 is 14.3 Å². The van der Waals surface area contributed by atoms with Crippen molar-refractivity contribution in [2.75, 3.05) is 45.0 Å². The van der Waals surface area contributed by atoms with Crippen molar-refractivity contribution in [3.63, 3.8) is 0 Å². The third-order valence-corrected chi connectivity index (χ3v) is 6.23. The Morgan fingerprint density at radius 3 is 2.67 bits per heavy atom. The van der Waals surface area contributed by atoms with E-state index >= 15 is 0 Å². The first-order chi connectivity index (χ1) is 12.7. The number of nitrogens with one attached hydrogen (secondary N) is 2. The van der Waals surface area contributed by atoms with Crippen LogP contribution in [0.5, 0.6) is 0 Å². The predicted molar refractivity (Wildman–Crippen MR) is 110 cm³/mol. The van der Waals surface area contributed by atoms with Crippen molar-refractivity contribution in [2.24, 2.45) is 5.41 Å². The Bertz CT molecular complexity index is 620. The van der Waals surface area contributed by atoms with E-state index < -0.39 is 6.04 Å². The number of carbonyl (C=O) groups is 2. The second-order valence-electron chi connectivity index (χ2n) is 7.06. The Kier molecular flexibility index (Phi) is 8.41. The molecule has 0 aliphatic carbocycles. The van der Waals surface area contributed by atoms with Crippen LogP contribution in [0.2, 0.25) is 0 Å². The summed E-state index contributed by atoms with van der Waals surface area (Å²) >= 11 is 1.62. The summed E-state index contributed by atoms with van der Waals surface area (Å²) in [6.07, 6.45) is 1.96. The number of benzene rings is 1. The van der Waals surface area contributed by atoms with Crippen LogP contribution in [0.15, 0.2) is 30.3 Å². The standard InChI is InChI=1S/C19H27N3O3S.ClH/c1-25-13-19(7-9-20-10-8-19)12-21-17(23)16-11-26-14-22(16)18(24)15-5-3-2-4-6-15;/h2-6,16,20H,7-14H2,1H3,(H,21,23);1H. The molecule has 2 saturated heterocycles. The minimum absolute atomic E-state index is 0. The lowest BCUT2D eigenvalue weighted by Gasteiger charge is -2.37. The number of hydrogen-bond acceptors (Lipinski definition) is 5. The van der Waals surface area contributed by atoms with Crippen LogP contribution in [0.4, 0.5) is 0 Å². The summed E-state index contributed by atoms with van der Waals surface area (Å²) < 4.78 is 5.41. The molecule has 0 spiro atoms. The fraction of sp³-hybridized carbons (Fsp3) is 0.579. The first-order valence-corrected chi connectivity index (χ1v) is 10.2. The number of amides is 2. The number of thioether (sulfide) groups is 1. The quantitative estimate of drug-likeness (QED) is 0.743. The van der Waals surface area contributed by atoms with Gasteiger partial charge < -0.3 is 20.3 Å². The number of halogens is 1. The molecule has 0 radical (unpaired) electrons. The number of ether oxygens (including phenoxy) is 1. The van der Waals surface area contributed by atoms with Gasteiger partial charge in [0, 0.05) is 30.4 Å². The highest BCUT2D eigenvalue weighted by Crippen LogP contribution is 2.29. The van der Waals surface area contributed by atoms with Crippen molar-refractivity contribution in [1.29, 1.82) is 0 Å². The van der Waals surface area contributed by atoms with E-state index in [-0.39, 0.29) is 29.6 Å². The molecule has 8 heteroatoms. The monoisotopic (exact) mass is 413 g/mol. The van der Waals surface area contributed by atoms with Crippen LogP contribution in [0.25, 0.3) is 0 Å². The molecular formula is C19H28ClN3O3S. The molecule has 1 atom stereocenters. The van der Waals surface area contributed by atoms with Gasteiger partial charge in [-0.3, -0.25) is 9.59 Å². The normalized spacial score (nSPS) is 21.4. The van der Waals surface area contributed by atoms with E-state index in [0.29, 0.717) is 30.3 Å². The summed E-state index contributed by atoms with van der Waals surface area (Å²) in [7, 11) is 1.71. The van der Waals surface area contributed by atoms with Gasteiger partial charge >= 0.3 is 0 Å². The Labute approximate surface area is 171 Å². The second kappa shape index (κ2) is 10.3. The zero-order valence-electron chi connectivity index (χ0n) is 15.6. The van der Waals surface area contributed by atoms with Crippen molar-refractivity contribution in [3.8, 4) is 0 Å². The third kappa shape index (κ3) is 5.38. The fourth-order valence-corrected chi connectivity index (χ4v) is 4.79. The van der Waals surface area contributed by atoms with Crippen LogP contribution >= 0.6 is 24.2 Å². The first kappa shape index (κ1) is 22.0. The largest absolute Gasteiger partial charge is 0.384 e. The van der Waals surface area contributed by atoms with Gasteiger partial charge in [-0.05, 0) is 38.1 Å². The topological polar surface area (TPSA) is 70.7 Å². The molecule has 2 aliphatic rings. The molecule has 0 bridgehead atoms. The van der Waals surface area contributed by atoms with Gasteiger partial charge in [0.1, 0.15) is 6.04 Å². The van der Waals surface area contributed by atoms with Crippen LogP contribution in [0, 0.1) is 5.41 Å². The molecule has 0 saturated carbocycles. The third-order valence-electron chi connectivity index (χ3n) is 5.22. The van der Waals surface area contributed by atoms with Crippen LogP contribution in [0.3, 0.4) is 0 Å². The Balaban J connectivity index is 0.00000261. The van der Waals surface area contributed by atoms with Crippen LogP contribution in [-0.2, 0) is 9.53 Å². The average Bonchev–Trinajstić information content (AvgIpc) is 3.17. The number of piperidine rings is 1. The molecule has 2 heterocycles. The number of hydrogen-bond donors (Lipinski definition) is 2. The molecule has 6 nitrogen and oxygen atoms in total. The molecule has 1 aromatic rings.